The summed E-state index contributed by atoms with van der Waals surface area (Å²) in [5, 5.41) is 0. The molecule has 0 atom stereocenters. The van der Waals surface area contributed by atoms with Crippen LogP contribution in [0.3, 0.4) is 0 Å². The van der Waals surface area contributed by atoms with Gasteiger partial charge in [-0.25, -0.2) is 14.6 Å². The van der Waals surface area contributed by atoms with Crippen LogP contribution >= 0.6 is 0 Å². The van der Waals surface area contributed by atoms with E-state index in [1.807, 2.05) is 30.3 Å². The van der Waals surface area contributed by atoms with Crippen LogP contribution in [0, 0.1) is 0 Å². The van der Waals surface area contributed by atoms with E-state index in [0.717, 1.165) is 15.4 Å². The molecule has 0 saturated carbocycles. The van der Waals surface area contributed by atoms with E-state index in [1.165, 1.54) is 6.08 Å². The van der Waals surface area contributed by atoms with Crippen molar-refractivity contribution in [2.24, 2.45) is 0 Å². The number of ether oxygens (including phenoxy) is 2. The minimum Gasteiger partial charge on any atom is -0.497 e. The molecule has 0 spiro atoms. The molecule has 1 aliphatic heterocycles. The fourth-order valence-corrected chi connectivity index (χ4v) is 4.12. The summed E-state index contributed by atoms with van der Waals surface area (Å²) in [7, 11) is 1.55. The Bertz CT molecular complexity index is 1440. The molecule has 0 unspecified atom stereocenters. The minimum absolute atomic E-state index is 0.174. The number of urea groups is 1. The zero-order valence-corrected chi connectivity index (χ0v) is 20.6. The van der Waals surface area contributed by atoms with E-state index < -0.39 is 17.8 Å². The maximum atomic E-state index is 13.7. The molecule has 4 amide bonds. The first kappa shape index (κ1) is 24.5. The van der Waals surface area contributed by atoms with E-state index in [4.69, 9.17) is 9.47 Å². The Morgan fingerprint density at radius 3 is 1.74 bits per heavy atom. The molecular weight excluding hydrogens is 480 g/mol. The molecule has 0 bridgehead atoms. The Balaban J connectivity index is 1.59. The molecule has 4 aromatic carbocycles. The Morgan fingerprint density at radius 2 is 1.21 bits per heavy atom. The molecule has 5 rings (SSSR count). The normalized spacial score (nSPS) is 13.5. The number of nitrogens with zero attached hydrogens (tertiary/aromatic N) is 2. The summed E-state index contributed by atoms with van der Waals surface area (Å²) >= 11 is 0. The van der Waals surface area contributed by atoms with Gasteiger partial charge in [-0.1, -0.05) is 66.7 Å². The first-order chi connectivity index (χ1) is 18.6. The fourth-order valence-electron chi connectivity index (χ4n) is 4.12. The molecule has 0 aliphatic carbocycles. The van der Waals surface area contributed by atoms with Gasteiger partial charge >= 0.3 is 6.03 Å². The summed E-state index contributed by atoms with van der Waals surface area (Å²) in [5.41, 5.74) is 1.99. The number of carbonyl (C=O) groups is 3. The second-order valence-corrected chi connectivity index (χ2v) is 8.47. The standard InChI is InChI=1S/C31H24N2O5/c1-37-26-18-17-23(28(20-26)38-21-22-11-5-2-6-12-22)19-27-29(34)32(24-13-7-3-8-14-24)31(36)33(30(27)35)25-15-9-4-10-16-25/h2-20H,21H2,1H3. The largest absolute Gasteiger partial charge is 0.497 e. The predicted octanol–water partition coefficient (Wildman–Crippen LogP) is 5.86. The first-order valence-corrected chi connectivity index (χ1v) is 12.0. The minimum atomic E-state index is -0.746. The molecule has 1 saturated heterocycles. The van der Waals surface area contributed by atoms with Crippen LogP contribution in [0.2, 0.25) is 0 Å². The van der Waals surface area contributed by atoms with Crippen LogP contribution in [0.5, 0.6) is 11.5 Å². The number of methoxy groups -OCH3 is 1. The van der Waals surface area contributed by atoms with Gasteiger partial charge in [-0.05, 0) is 48.0 Å². The summed E-state index contributed by atoms with van der Waals surface area (Å²) in [6.07, 6.45) is 1.46. The SMILES string of the molecule is COc1ccc(C=C2C(=O)N(c3ccccc3)C(=O)N(c3ccccc3)C2=O)c(OCc2ccccc2)c1. The van der Waals surface area contributed by atoms with Gasteiger partial charge in [0.2, 0.25) is 0 Å². The average molecular weight is 505 g/mol. The quantitative estimate of drug-likeness (QED) is 0.233. The highest BCUT2D eigenvalue weighted by Crippen LogP contribution is 2.32. The van der Waals surface area contributed by atoms with Crippen molar-refractivity contribution in [3.8, 4) is 11.5 Å². The van der Waals surface area contributed by atoms with Crippen LogP contribution in [0.25, 0.3) is 6.08 Å². The summed E-state index contributed by atoms with van der Waals surface area (Å²) in [6, 6.07) is 31.1. The fraction of sp³-hybridized carbons (Fsp3) is 0.0645. The van der Waals surface area contributed by atoms with Crippen LogP contribution in [0.15, 0.2) is 115 Å². The lowest BCUT2D eigenvalue weighted by Gasteiger charge is -2.34. The zero-order valence-electron chi connectivity index (χ0n) is 20.6. The number of para-hydroxylation sites is 2. The van der Waals surface area contributed by atoms with Gasteiger partial charge in [-0.2, -0.15) is 0 Å². The van der Waals surface area contributed by atoms with Crippen LogP contribution < -0.4 is 19.3 Å². The van der Waals surface area contributed by atoms with E-state index in [9.17, 15) is 14.4 Å². The van der Waals surface area contributed by atoms with Crippen molar-refractivity contribution in [3.63, 3.8) is 0 Å². The highest BCUT2D eigenvalue weighted by molar-refractivity contribution is 6.46. The molecule has 1 aliphatic rings. The molecule has 0 aromatic heterocycles. The molecule has 38 heavy (non-hydrogen) atoms. The van der Waals surface area contributed by atoms with E-state index in [2.05, 4.69) is 0 Å². The molecule has 0 N–H and O–H groups in total. The van der Waals surface area contributed by atoms with Gasteiger partial charge < -0.3 is 9.47 Å². The molecule has 4 aromatic rings. The molecule has 7 heteroatoms. The molecule has 0 radical (unpaired) electrons. The monoisotopic (exact) mass is 504 g/mol. The number of barbiturate groups is 1. The molecule has 188 valence electrons. The number of hydrogen-bond donors (Lipinski definition) is 0. The Labute approximate surface area is 220 Å². The van der Waals surface area contributed by atoms with E-state index >= 15 is 0 Å². The third-order valence-corrected chi connectivity index (χ3v) is 6.04. The number of rotatable bonds is 7. The number of imide groups is 2. The van der Waals surface area contributed by atoms with Crippen molar-refractivity contribution in [1.29, 1.82) is 0 Å². The van der Waals surface area contributed by atoms with Gasteiger partial charge in [0.15, 0.2) is 0 Å². The maximum absolute atomic E-state index is 13.7. The maximum Gasteiger partial charge on any atom is 0.343 e. The molecule has 1 fully saturated rings. The van der Waals surface area contributed by atoms with Gasteiger partial charge in [0.05, 0.1) is 18.5 Å². The third kappa shape index (κ3) is 4.90. The van der Waals surface area contributed by atoms with Crippen molar-refractivity contribution >= 4 is 35.3 Å². The van der Waals surface area contributed by atoms with E-state index in [1.54, 1.807) is 86.0 Å². The van der Waals surface area contributed by atoms with Crippen molar-refractivity contribution < 1.29 is 23.9 Å². The van der Waals surface area contributed by atoms with Crippen LogP contribution in [0.1, 0.15) is 11.1 Å². The number of carbonyl (C=O) groups excluding carboxylic acids is 3. The lowest BCUT2D eigenvalue weighted by atomic mass is 10.0. The van der Waals surface area contributed by atoms with Crippen molar-refractivity contribution in [2.75, 3.05) is 16.9 Å². The number of hydrogen-bond acceptors (Lipinski definition) is 5. The lowest BCUT2D eigenvalue weighted by molar-refractivity contribution is -0.121. The number of amides is 4. The Kier molecular flexibility index (Phi) is 6.99. The Morgan fingerprint density at radius 1 is 0.684 bits per heavy atom. The second kappa shape index (κ2) is 10.8. The zero-order chi connectivity index (χ0) is 26.5. The Hall–Kier alpha value is -5.17. The van der Waals surface area contributed by atoms with Crippen LogP contribution in [-0.2, 0) is 16.2 Å². The number of benzene rings is 4. The predicted molar refractivity (Wildman–Crippen MR) is 145 cm³/mol. The van der Waals surface area contributed by atoms with Crippen molar-refractivity contribution in [2.45, 2.75) is 6.61 Å². The highest BCUT2D eigenvalue weighted by Gasteiger charge is 2.43. The number of anilines is 2. The molecule has 1 heterocycles. The van der Waals surface area contributed by atoms with Crippen molar-refractivity contribution in [1.82, 2.24) is 0 Å². The van der Waals surface area contributed by atoms with E-state index in [0.29, 0.717) is 28.4 Å². The summed E-state index contributed by atoms with van der Waals surface area (Å²) in [6.45, 7) is 0.275. The third-order valence-electron chi connectivity index (χ3n) is 6.04. The average Bonchev–Trinajstić information content (AvgIpc) is 2.96. The molecular formula is C31H24N2O5. The summed E-state index contributed by atoms with van der Waals surface area (Å²) in [4.78, 5) is 42.8. The topological polar surface area (TPSA) is 76.2 Å². The van der Waals surface area contributed by atoms with Crippen LogP contribution in [0.4, 0.5) is 16.2 Å². The van der Waals surface area contributed by atoms with Gasteiger partial charge in [0.25, 0.3) is 11.8 Å². The first-order valence-electron chi connectivity index (χ1n) is 12.0. The smallest absolute Gasteiger partial charge is 0.343 e. The second-order valence-electron chi connectivity index (χ2n) is 8.47. The van der Waals surface area contributed by atoms with Gasteiger partial charge in [-0.15, -0.1) is 0 Å². The van der Waals surface area contributed by atoms with Gasteiger partial charge in [-0.3, -0.25) is 9.59 Å². The van der Waals surface area contributed by atoms with Crippen molar-refractivity contribution in [3.05, 3.63) is 126 Å². The highest BCUT2D eigenvalue weighted by atomic mass is 16.5. The molecule has 7 nitrogen and oxygen atoms in total. The summed E-state index contributed by atoms with van der Waals surface area (Å²) < 4.78 is 11.4. The lowest BCUT2D eigenvalue weighted by Crippen LogP contribution is -2.57. The summed E-state index contributed by atoms with van der Waals surface area (Å²) in [5.74, 6) is -0.453. The van der Waals surface area contributed by atoms with Gasteiger partial charge in [0.1, 0.15) is 23.7 Å². The van der Waals surface area contributed by atoms with E-state index in [-0.39, 0.29) is 12.2 Å². The van der Waals surface area contributed by atoms with Crippen LogP contribution in [-0.4, -0.2) is 25.0 Å². The van der Waals surface area contributed by atoms with Gasteiger partial charge in [0, 0.05) is 11.6 Å².